The number of rotatable bonds is 7. The lowest BCUT2D eigenvalue weighted by atomic mass is 10.0. The van der Waals surface area contributed by atoms with Crippen molar-refractivity contribution in [1.82, 2.24) is 0 Å². The van der Waals surface area contributed by atoms with Crippen LogP contribution in [-0.4, -0.2) is 29.4 Å². The molecule has 134 valence electrons. The minimum absolute atomic E-state index is 0.000462. The number of aliphatic carboxylic acids is 1. The van der Waals surface area contributed by atoms with E-state index >= 15 is 0 Å². The molecular weight excluding hydrogens is 332 g/mol. The molecule has 0 bridgehead atoms. The maximum absolute atomic E-state index is 12.5. The van der Waals surface area contributed by atoms with Crippen LogP contribution in [0.5, 0.6) is 0 Å². The number of para-hydroxylation sites is 1. The van der Waals surface area contributed by atoms with Crippen molar-refractivity contribution in [2.75, 3.05) is 16.8 Å². The largest absolute Gasteiger partial charge is 0.480 e. The van der Waals surface area contributed by atoms with Crippen molar-refractivity contribution in [1.29, 1.82) is 0 Å². The standard InChI is InChI=1S/C20H20N2O4/c23-18-12-15-11-14(9-10-17(15)21-18)5-4-8-19(24)22(13-20(25)26)16-6-2-1-3-7-16/h1-3,6-7,9-11H,4-5,8,12-13H2,(H,21,23)(H,25,26). The molecule has 1 aliphatic rings. The highest BCUT2D eigenvalue weighted by atomic mass is 16.4. The van der Waals surface area contributed by atoms with Gasteiger partial charge in [-0.25, -0.2) is 0 Å². The second-order valence-electron chi connectivity index (χ2n) is 6.28. The zero-order valence-electron chi connectivity index (χ0n) is 14.3. The molecule has 0 spiro atoms. The molecule has 0 aliphatic carbocycles. The van der Waals surface area contributed by atoms with Crippen LogP contribution in [0.4, 0.5) is 11.4 Å². The first-order valence-corrected chi connectivity index (χ1v) is 8.52. The number of carbonyl (C=O) groups is 3. The molecule has 0 unspecified atom stereocenters. The second kappa shape index (κ2) is 7.82. The summed E-state index contributed by atoms with van der Waals surface area (Å²) in [6, 6.07) is 14.6. The molecule has 0 atom stereocenters. The van der Waals surface area contributed by atoms with Gasteiger partial charge in [0.1, 0.15) is 6.54 Å². The summed E-state index contributed by atoms with van der Waals surface area (Å²) in [6.45, 7) is -0.352. The first kappa shape index (κ1) is 17.7. The van der Waals surface area contributed by atoms with E-state index < -0.39 is 5.97 Å². The number of anilines is 2. The molecule has 0 saturated carbocycles. The zero-order valence-corrected chi connectivity index (χ0v) is 14.3. The predicted octanol–water partition coefficient (Wildman–Crippen LogP) is 2.62. The molecule has 3 rings (SSSR count). The van der Waals surface area contributed by atoms with Gasteiger partial charge in [0.25, 0.3) is 0 Å². The smallest absolute Gasteiger partial charge is 0.323 e. The Morgan fingerprint density at radius 2 is 1.88 bits per heavy atom. The molecule has 6 nitrogen and oxygen atoms in total. The van der Waals surface area contributed by atoms with E-state index in [1.165, 1.54) is 4.90 Å². The van der Waals surface area contributed by atoms with E-state index in [4.69, 9.17) is 5.11 Å². The van der Waals surface area contributed by atoms with E-state index in [9.17, 15) is 14.4 Å². The first-order valence-electron chi connectivity index (χ1n) is 8.52. The molecule has 0 fully saturated rings. The number of hydrogen-bond acceptors (Lipinski definition) is 3. The zero-order chi connectivity index (χ0) is 18.5. The SMILES string of the molecule is O=C(O)CN(C(=O)CCCc1ccc2c(c1)CC(=O)N2)c1ccccc1. The molecule has 2 aromatic carbocycles. The number of hydrogen-bond donors (Lipinski definition) is 2. The molecule has 0 saturated heterocycles. The van der Waals surface area contributed by atoms with Crippen LogP contribution in [0.3, 0.4) is 0 Å². The fourth-order valence-electron chi connectivity index (χ4n) is 3.08. The van der Waals surface area contributed by atoms with Crippen molar-refractivity contribution >= 4 is 29.2 Å². The average Bonchev–Trinajstić information content (AvgIpc) is 2.99. The molecule has 1 aliphatic heterocycles. The van der Waals surface area contributed by atoms with Gasteiger partial charge in [-0.1, -0.05) is 30.3 Å². The van der Waals surface area contributed by atoms with Crippen molar-refractivity contribution < 1.29 is 19.5 Å². The van der Waals surface area contributed by atoms with Crippen LogP contribution in [0.15, 0.2) is 48.5 Å². The van der Waals surface area contributed by atoms with Gasteiger partial charge in [-0.2, -0.15) is 0 Å². The summed E-state index contributed by atoms with van der Waals surface area (Å²) in [7, 11) is 0. The van der Waals surface area contributed by atoms with Gasteiger partial charge < -0.3 is 15.3 Å². The maximum atomic E-state index is 12.5. The van der Waals surface area contributed by atoms with Crippen molar-refractivity contribution in [2.45, 2.75) is 25.7 Å². The average molecular weight is 352 g/mol. The lowest BCUT2D eigenvalue weighted by molar-refractivity contribution is -0.136. The number of benzene rings is 2. The Kier molecular flexibility index (Phi) is 5.31. The fourth-order valence-corrected chi connectivity index (χ4v) is 3.08. The van der Waals surface area contributed by atoms with Gasteiger partial charge in [0.2, 0.25) is 11.8 Å². The van der Waals surface area contributed by atoms with Crippen LogP contribution in [0.25, 0.3) is 0 Å². The third-order valence-electron chi connectivity index (χ3n) is 4.31. The lowest BCUT2D eigenvalue weighted by Crippen LogP contribution is -2.35. The van der Waals surface area contributed by atoms with Gasteiger partial charge in [-0.3, -0.25) is 14.4 Å². The number of nitrogens with one attached hydrogen (secondary N) is 1. The molecule has 26 heavy (non-hydrogen) atoms. The normalized spacial score (nSPS) is 12.4. The maximum Gasteiger partial charge on any atom is 0.323 e. The summed E-state index contributed by atoms with van der Waals surface area (Å²) in [6.07, 6.45) is 1.96. The molecule has 1 heterocycles. The van der Waals surface area contributed by atoms with Gasteiger partial charge in [0.15, 0.2) is 0 Å². The van der Waals surface area contributed by atoms with Crippen molar-refractivity contribution in [3.63, 3.8) is 0 Å². The number of carbonyl (C=O) groups excluding carboxylic acids is 2. The summed E-state index contributed by atoms with van der Waals surface area (Å²) in [5, 5.41) is 11.9. The van der Waals surface area contributed by atoms with Gasteiger partial charge in [0.05, 0.1) is 6.42 Å². The lowest BCUT2D eigenvalue weighted by Gasteiger charge is -2.20. The van der Waals surface area contributed by atoms with Crippen molar-refractivity contribution in [3.05, 3.63) is 59.7 Å². The van der Waals surface area contributed by atoms with Crippen LogP contribution in [-0.2, 0) is 27.2 Å². The van der Waals surface area contributed by atoms with Crippen LogP contribution in [0, 0.1) is 0 Å². The Hall–Kier alpha value is -3.15. The number of amides is 2. The van der Waals surface area contributed by atoms with E-state index in [2.05, 4.69) is 5.32 Å². The number of carboxylic acids is 1. The number of carboxylic acid groups (broad SMARTS) is 1. The number of nitrogens with zero attached hydrogens (tertiary/aromatic N) is 1. The summed E-state index contributed by atoms with van der Waals surface area (Å²) in [5.41, 5.74) is 3.49. The van der Waals surface area contributed by atoms with E-state index in [-0.39, 0.29) is 24.8 Å². The van der Waals surface area contributed by atoms with Crippen LogP contribution in [0.2, 0.25) is 0 Å². The summed E-state index contributed by atoms with van der Waals surface area (Å²) < 4.78 is 0. The molecule has 2 N–H and O–H groups in total. The van der Waals surface area contributed by atoms with E-state index in [1.54, 1.807) is 24.3 Å². The summed E-state index contributed by atoms with van der Waals surface area (Å²) in [4.78, 5) is 36.3. The van der Waals surface area contributed by atoms with E-state index in [1.807, 2.05) is 24.3 Å². The van der Waals surface area contributed by atoms with Gasteiger partial charge >= 0.3 is 5.97 Å². The minimum atomic E-state index is -1.04. The van der Waals surface area contributed by atoms with Gasteiger partial charge in [0, 0.05) is 17.8 Å². The number of aryl methyl sites for hydroxylation is 1. The molecule has 2 amide bonds. The highest BCUT2D eigenvalue weighted by Crippen LogP contribution is 2.24. The Balaban J connectivity index is 1.59. The monoisotopic (exact) mass is 352 g/mol. The summed E-state index contributed by atoms with van der Waals surface area (Å²) in [5.74, 6) is -1.26. The van der Waals surface area contributed by atoms with Gasteiger partial charge in [-0.15, -0.1) is 0 Å². The Morgan fingerprint density at radius 3 is 2.62 bits per heavy atom. The molecular formula is C20H20N2O4. The van der Waals surface area contributed by atoms with E-state index in [0.717, 1.165) is 16.8 Å². The van der Waals surface area contributed by atoms with Crippen LogP contribution >= 0.6 is 0 Å². The molecule has 0 radical (unpaired) electrons. The molecule has 0 aromatic heterocycles. The Bertz CT molecular complexity index is 833. The highest BCUT2D eigenvalue weighted by Gasteiger charge is 2.19. The third-order valence-corrected chi connectivity index (χ3v) is 4.31. The van der Waals surface area contributed by atoms with Crippen molar-refractivity contribution in [3.8, 4) is 0 Å². The summed E-state index contributed by atoms with van der Waals surface area (Å²) >= 11 is 0. The second-order valence-corrected chi connectivity index (χ2v) is 6.28. The Labute approximate surface area is 151 Å². The molecule has 6 heteroatoms. The third kappa shape index (κ3) is 4.27. The quantitative estimate of drug-likeness (QED) is 0.802. The topological polar surface area (TPSA) is 86.7 Å². The van der Waals surface area contributed by atoms with E-state index in [0.29, 0.717) is 24.9 Å². The number of fused-ring (bicyclic) bond motifs is 1. The first-order chi connectivity index (χ1) is 12.5. The Morgan fingerprint density at radius 1 is 1.12 bits per heavy atom. The van der Waals surface area contributed by atoms with Crippen LogP contribution < -0.4 is 10.2 Å². The minimum Gasteiger partial charge on any atom is -0.480 e. The highest BCUT2D eigenvalue weighted by molar-refractivity contribution is 5.99. The fraction of sp³-hybridized carbons (Fsp3) is 0.250. The van der Waals surface area contributed by atoms with Crippen LogP contribution in [0.1, 0.15) is 24.0 Å². The van der Waals surface area contributed by atoms with Crippen molar-refractivity contribution in [2.24, 2.45) is 0 Å². The predicted molar refractivity (Wildman–Crippen MR) is 98.1 cm³/mol. The van der Waals surface area contributed by atoms with Gasteiger partial charge in [-0.05, 0) is 42.2 Å². The molecule has 2 aromatic rings.